The first-order chi connectivity index (χ1) is 7.70. The van der Waals surface area contributed by atoms with Gasteiger partial charge in [-0.3, -0.25) is 4.79 Å². The summed E-state index contributed by atoms with van der Waals surface area (Å²) in [4.78, 5) is 15.9. The predicted molar refractivity (Wildman–Crippen MR) is 59.4 cm³/mol. The topological polar surface area (TPSA) is 63.3 Å². The van der Waals surface area contributed by atoms with E-state index in [-0.39, 0.29) is 12.4 Å². The molecule has 4 nitrogen and oxygen atoms in total. The summed E-state index contributed by atoms with van der Waals surface area (Å²) in [5, 5.41) is 8.66. The van der Waals surface area contributed by atoms with Crippen molar-refractivity contribution in [2.45, 2.75) is 19.8 Å². The van der Waals surface area contributed by atoms with Crippen molar-refractivity contribution in [1.29, 1.82) is 0 Å². The molecule has 2 rings (SSSR count). The summed E-state index contributed by atoms with van der Waals surface area (Å²) in [6.45, 7) is 1.81. The van der Waals surface area contributed by atoms with E-state index >= 15 is 0 Å². The molecule has 0 saturated carbocycles. The van der Waals surface area contributed by atoms with Gasteiger partial charge < -0.3 is 9.52 Å². The molecule has 0 amide bonds. The largest absolute Gasteiger partial charge is 0.441 e. The average molecular weight is 219 g/mol. The van der Waals surface area contributed by atoms with Crippen LogP contribution in [0.1, 0.15) is 29.1 Å². The number of carbonyl (C=O) groups is 1. The van der Waals surface area contributed by atoms with E-state index in [1.54, 1.807) is 25.1 Å². The molecule has 1 aromatic carbocycles. The fraction of sp³-hybridized carbons (Fsp3) is 0.333. The Kier molecular flexibility index (Phi) is 3.01. The third-order valence-corrected chi connectivity index (χ3v) is 2.38. The van der Waals surface area contributed by atoms with Gasteiger partial charge in [-0.2, -0.15) is 0 Å². The number of hydrogen-bond donors (Lipinski definition) is 1. The Labute approximate surface area is 92.9 Å². The highest BCUT2D eigenvalue weighted by atomic mass is 16.3. The van der Waals surface area contributed by atoms with E-state index < -0.39 is 0 Å². The van der Waals surface area contributed by atoms with E-state index in [0.29, 0.717) is 35.4 Å². The van der Waals surface area contributed by atoms with Gasteiger partial charge in [0.15, 0.2) is 17.3 Å². The van der Waals surface area contributed by atoms with Gasteiger partial charge in [-0.25, -0.2) is 4.98 Å². The van der Waals surface area contributed by atoms with Gasteiger partial charge in [-0.05, 0) is 24.6 Å². The Morgan fingerprint density at radius 2 is 2.31 bits per heavy atom. The highest BCUT2D eigenvalue weighted by Crippen LogP contribution is 2.17. The monoisotopic (exact) mass is 219 g/mol. The Balaban J connectivity index is 2.28. The zero-order valence-corrected chi connectivity index (χ0v) is 9.06. The third kappa shape index (κ3) is 2.12. The van der Waals surface area contributed by atoms with Crippen LogP contribution in [0, 0.1) is 6.92 Å². The van der Waals surface area contributed by atoms with Crippen LogP contribution in [0.5, 0.6) is 0 Å². The molecule has 0 fully saturated rings. The number of aliphatic hydroxyl groups is 1. The summed E-state index contributed by atoms with van der Waals surface area (Å²) in [5.41, 5.74) is 2.01. The zero-order valence-electron chi connectivity index (χ0n) is 9.06. The maximum Gasteiger partial charge on any atom is 0.192 e. The first kappa shape index (κ1) is 10.8. The van der Waals surface area contributed by atoms with Crippen molar-refractivity contribution < 1.29 is 14.3 Å². The van der Waals surface area contributed by atoms with Crippen molar-refractivity contribution in [2.75, 3.05) is 6.61 Å². The highest BCUT2D eigenvalue weighted by Gasteiger charge is 2.08. The van der Waals surface area contributed by atoms with Crippen molar-refractivity contribution in [3.63, 3.8) is 0 Å². The number of rotatable bonds is 4. The number of Topliss-reactive ketones (excluding diaryl/α,β-unsaturated/α-hetero) is 1. The number of aryl methyl sites for hydroxylation is 1. The van der Waals surface area contributed by atoms with Crippen molar-refractivity contribution in [1.82, 2.24) is 4.98 Å². The zero-order chi connectivity index (χ0) is 11.5. The number of oxazole rings is 1. The van der Waals surface area contributed by atoms with Crippen LogP contribution in [0.25, 0.3) is 11.1 Å². The Bertz CT molecular complexity index is 516. The van der Waals surface area contributed by atoms with Crippen LogP contribution in [0.3, 0.4) is 0 Å². The van der Waals surface area contributed by atoms with Crippen LogP contribution in [-0.4, -0.2) is 22.5 Å². The average Bonchev–Trinajstić information content (AvgIpc) is 2.64. The summed E-state index contributed by atoms with van der Waals surface area (Å²) in [6.07, 6.45) is 0.855. The third-order valence-electron chi connectivity index (χ3n) is 2.38. The van der Waals surface area contributed by atoms with E-state index in [0.717, 1.165) is 0 Å². The van der Waals surface area contributed by atoms with Crippen LogP contribution < -0.4 is 0 Å². The minimum Gasteiger partial charge on any atom is -0.441 e. The molecule has 0 bridgehead atoms. The SMILES string of the molecule is Cc1nc2cc(C(=O)CCCO)ccc2o1. The molecular weight excluding hydrogens is 206 g/mol. The van der Waals surface area contributed by atoms with E-state index in [1.165, 1.54) is 0 Å². The molecule has 0 saturated heterocycles. The van der Waals surface area contributed by atoms with Gasteiger partial charge in [-0.1, -0.05) is 0 Å². The lowest BCUT2D eigenvalue weighted by Gasteiger charge is -1.98. The van der Waals surface area contributed by atoms with Crippen molar-refractivity contribution >= 4 is 16.9 Å². The van der Waals surface area contributed by atoms with Crippen molar-refractivity contribution in [3.8, 4) is 0 Å². The standard InChI is InChI=1S/C12H13NO3/c1-8-13-10-7-9(4-5-12(10)16-8)11(15)3-2-6-14/h4-5,7,14H,2-3,6H2,1H3. The molecule has 2 aromatic rings. The van der Waals surface area contributed by atoms with Crippen LogP contribution in [-0.2, 0) is 0 Å². The molecule has 0 aliphatic heterocycles. The molecule has 0 atom stereocenters. The van der Waals surface area contributed by atoms with Crippen LogP contribution in [0.15, 0.2) is 22.6 Å². The van der Waals surface area contributed by atoms with Gasteiger partial charge >= 0.3 is 0 Å². The smallest absolute Gasteiger partial charge is 0.192 e. The van der Waals surface area contributed by atoms with Crippen molar-refractivity contribution in [2.24, 2.45) is 0 Å². The number of aliphatic hydroxyl groups excluding tert-OH is 1. The Morgan fingerprint density at radius 1 is 1.50 bits per heavy atom. The maximum absolute atomic E-state index is 11.7. The molecular formula is C12H13NO3. The van der Waals surface area contributed by atoms with E-state index in [2.05, 4.69) is 4.98 Å². The number of benzene rings is 1. The molecule has 1 aromatic heterocycles. The molecule has 4 heteroatoms. The lowest BCUT2D eigenvalue weighted by atomic mass is 10.1. The Morgan fingerprint density at radius 3 is 3.06 bits per heavy atom. The number of ketones is 1. The predicted octanol–water partition coefficient (Wildman–Crippen LogP) is 2.09. The number of nitrogens with zero attached hydrogens (tertiary/aromatic N) is 1. The lowest BCUT2D eigenvalue weighted by molar-refractivity contribution is 0.0971. The molecule has 16 heavy (non-hydrogen) atoms. The lowest BCUT2D eigenvalue weighted by Crippen LogP contribution is -2.00. The molecule has 1 N–H and O–H groups in total. The van der Waals surface area contributed by atoms with Crippen LogP contribution in [0.4, 0.5) is 0 Å². The van der Waals surface area contributed by atoms with E-state index in [4.69, 9.17) is 9.52 Å². The minimum atomic E-state index is 0.0246. The normalized spacial score (nSPS) is 10.9. The summed E-state index contributed by atoms with van der Waals surface area (Å²) >= 11 is 0. The Hall–Kier alpha value is -1.68. The van der Waals surface area contributed by atoms with E-state index in [1.807, 2.05) is 0 Å². The molecule has 0 unspecified atom stereocenters. The summed E-state index contributed by atoms with van der Waals surface area (Å²) < 4.78 is 5.32. The minimum absolute atomic E-state index is 0.0246. The van der Waals surface area contributed by atoms with E-state index in [9.17, 15) is 4.79 Å². The number of aromatic nitrogens is 1. The fourth-order valence-electron chi connectivity index (χ4n) is 1.60. The second-order valence-corrected chi connectivity index (χ2v) is 3.67. The number of fused-ring (bicyclic) bond motifs is 1. The maximum atomic E-state index is 11.7. The second-order valence-electron chi connectivity index (χ2n) is 3.67. The van der Waals surface area contributed by atoms with Gasteiger partial charge in [0.05, 0.1) is 0 Å². The second kappa shape index (κ2) is 4.45. The summed E-state index contributed by atoms with van der Waals surface area (Å²) in [6, 6.07) is 5.21. The summed E-state index contributed by atoms with van der Waals surface area (Å²) in [5.74, 6) is 0.617. The molecule has 0 aliphatic rings. The van der Waals surface area contributed by atoms with Crippen LogP contribution in [0.2, 0.25) is 0 Å². The van der Waals surface area contributed by atoms with Gasteiger partial charge in [0, 0.05) is 25.5 Å². The van der Waals surface area contributed by atoms with Crippen molar-refractivity contribution in [3.05, 3.63) is 29.7 Å². The number of hydrogen-bond acceptors (Lipinski definition) is 4. The highest BCUT2D eigenvalue weighted by molar-refractivity contribution is 5.98. The first-order valence-corrected chi connectivity index (χ1v) is 5.22. The number of carbonyl (C=O) groups excluding carboxylic acids is 1. The molecule has 0 spiro atoms. The van der Waals surface area contributed by atoms with Crippen LogP contribution >= 0.6 is 0 Å². The summed E-state index contributed by atoms with van der Waals surface area (Å²) in [7, 11) is 0. The molecule has 0 radical (unpaired) electrons. The van der Waals surface area contributed by atoms with Gasteiger partial charge in [0.25, 0.3) is 0 Å². The fourth-order valence-corrected chi connectivity index (χ4v) is 1.60. The quantitative estimate of drug-likeness (QED) is 0.800. The van der Waals surface area contributed by atoms with Gasteiger partial charge in [0.1, 0.15) is 5.52 Å². The molecule has 84 valence electrons. The first-order valence-electron chi connectivity index (χ1n) is 5.22. The molecule has 0 aliphatic carbocycles. The molecule has 1 heterocycles. The van der Waals surface area contributed by atoms with Gasteiger partial charge in [-0.15, -0.1) is 0 Å². The van der Waals surface area contributed by atoms with Gasteiger partial charge in [0.2, 0.25) is 0 Å².